The van der Waals surface area contributed by atoms with Crippen LogP contribution in [-0.4, -0.2) is 13.7 Å². The fourth-order valence-electron chi connectivity index (χ4n) is 1.61. The van der Waals surface area contributed by atoms with E-state index in [2.05, 4.69) is 0 Å². The van der Waals surface area contributed by atoms with Crippen molar-refractivity contribution in [3.63, 3.8) is 0 Å². The average Bonchev–Trinajstić information content (AvgIpc) is 2.28. The third kappa shape index (κ3) is 2.50. The van der Waals surface area contributed by atoms with Crippen LogP contribution in [-0.2, 0) is 0 Å². The summed E-state index contributed by atoms with van der Waals surface area (Å²) < 4.78 is 18.4. The van der Waals surface area contributed by atoms with Gasteiger partial charge in [-0.25, -0.2) is 4.39 Å². The lowest BCUT2D eigenvalue weighted by molar-refractivity contribution is 0.384. The molecule has 1 unspecified atom stereocenters. The first-order valence-corrected chi connectivity index (χ1v) is 5.11. The molecule has 0 aliphatic carbocycles. The zero-order chi connectivity index (χ0) is 12.1. The summed E-state index contributed by atoms with van der Waals surface area (Å²) in [5.74, 6) is -0.357. The molecule has 1 rings (SSSR count). The Labute approximate surface area is 94.6 Å². The summed E-state index contributed by atoms with van der Waals surface area (Å²) in [5, 5.41) is 8.89. The average molecular weight is 222 g/mol. The van der Waals surface area contributed by atoms with Gasteiger partial charge >= 0.3 is 0 Å². The highest BCUT2D eigenvalue weighted by Crippen LogP contribution is 2.28. The van der Waals surface area contributed by atoms with Crippen molar-refractivity contribution in [2.45, 2.75) is 19.3 Å². The van der Waals surface area contributed by atoms with Gasteiger partial charge in [0.05, 0.1) is 12.7 Å². The van der Waals surface area contributed by atoms with E-state index in [1.165, 1.54) is 13.2 Å². The molecule has 0 aliphatic rings. The predicted octanol–water partition coefficient (Wildman–Crippen LogP) is 2.16. The van der Waals surface area contributed by atoms with Gasteiger partial charge in [0.1, 0.15) is 6.07 Å². The van der Waals surface area contributed by atoms with Crippen LogP contribution in [0.15, 0.2) is 12.1 Å². The number of ether oxygens (including phenoxy) is 1. The number of nitrogens with two attached hydrogens (primary N) is 1. The Bertz CT molecular complexity index is 412. The zero-order valence-corrected chi connectivity index (χ0v) is 9.46. The molecule has 0 saturated heterocycles. The van der Waals surface area contributed by atoms with Gasteiger partial charge in [0.15, 0.2) is 11.6 Å². The fraction of sp³-hybridized carbons (Fsp3) is 0.417. The van der Waals surface area contributed by atoms with E-state index in [0.717, 1.165) is 12.0 Å². The molecule has 0 fully saturated rings. The number of nitriles is 1. The van der Waals surface area contributed by atoms with Gasteiger partial charge < -0.3 is 10.5 Å². The highest BCUT2D eigenvalue weighted by Gasteiger charge is 2.14. The normalized spacial score (nSPS) is 11.9. The molecule has 16 heavy (non-hydrogen) atoms. The zero-order valence-electron chi connectivity index (χ0n) is 9.46. The van der Waals surface area contributed by atoms with Crippen LogP contribution in [0.3, 0.4) is 0 Å². The lowest BCUT2D eigenvalue weighted by Gasteiger charge is -2.13. The first-order chi connectivity index (χ1) is 7.63. The Kier molecular flexibility index (Phi) is 4.27. The van der Waals surface area contributed by atoms with E-state index in [1.807, 2.05) is 13.0 Å². The molecule has 0 amide bonds. The van der Waals surface area contributed by atoms with E-state index in [-0.39, 0.29) is 17.2 Å². The minimum Gasteiger partial charge on any atom is -0.492 e. The SMILES string of the molecule is COc1c(F)cc(C(C)CCN)cc1C#N. The highest BCUT2D eigenvalue weighted by molar-refractivity contribution is 5.47. The monoisotopic (exact) mass is 222 g/mol. The van der Waals surface area contributed by atoms with E-state index in [4.69, 9.17) is 15.7 Å². The van der Waals surface area contributed by atoms with Gasteiger partial charge in [-0.1, -0.05) is 6.92 Å². The largest absolute Gasteiger partial charge is 0.492 e. The number of hydrogen-bond donors (Lipinski definition) is 1. The third-order valence-electron chi connectivity index (χ3n) is 2.56. The van der Waals surface area contributed by atoms with Gasteiger partial charge in [-0.3, -0.25) is 0 Å². The van der Waals surface area contributed by atoms with Crippen LogP contribution in [0, 0.1) is 17.1 Å². The maximum atomic E-state index is 13.6. The summed E-state index contributed by atoms with van der Waals surface area (Å²) in [6.07, 6.45) is 0.761. The molecule has 3 nitrogen and oxygen atoms in total. The van der Waals surface area contributed by atoms with Crippen molar-refractivity contribution in [3.05, 3.63) is 29.1 Å². The molecule has 1 atom stereocenters. The van der Waals surface area contributed by atoms with Crippen molar-refractivity contribution in [2.24, 2.45) is 5.73 Å². The second-order valence-electron chi connectivity index (χ2n) is 3.67. The van der Waals surface area contributed by atoms with Crippen molar-refractivity contribution in [2.75, 3.05) is 13.7 Å². The molecule has 1 aromatic carbocycles. The quantitative estimate of drug-likeness (QED) is 0.849. The van der Waals surface area contributed by atoms with Gasteiger partial charge in [0.2, 0.25) is 0 Å². The lowest BCUT2D eigenvalue weighted by Crippen LogP contribution is -2.05. The van der Waals surface area contributed by atoms with Crippen molar-refractivity contribution >= 4 is 0 Å². The maximum Gasteiger partial charge on any atom is 0.172 e. The summed E-state index contributed by atoms with van der Waals surface area (Å²) in [6.45, 7) is 2.49. The molecule has 0 aromatic heterocycles. The van der Waals surface area contributed by atoms with Crippen molar-refractivity contribution in [1.29, 1.82) is 5.26 Å². The van der Waals surface area contributed by atoms with E-state index in [1.54, 1.807) is 6.07 Å². The summed E-state index contributed by atoms with van der Waals surface area (Å²) in [4.78, 5) is 0. The van der Waals surface area contributed by atoms with E-state index >= 15 is 0 Å². The summed E-state index contributed by atoms with van der Waals surface area (Å²) in [7, 11) is 1.35. The number of methoxy groups -OCH3 is 1. The molecule has 0 bridgehead atoms. The van der Waals surface area contributed by atoms with E-state index in [9.17, 15) is 4.39 Å². The summed E-state index contributed by atoms with van der Waals surface area (Å²) in [6, 6.07) is 4.99. The van der Waals surface area contributed by atoms with Gasteiger partial charge in [0.25, 0.3) is 0 Å². The molecule has 0 saturated carbocycles. The van der Waals surface area contributed by atoms with Crippen LogP contribution in [0.5, 0.6) is 5.75 Å². The molecule has 0 aliphatic heterocycles. The minimum absolute atomic E-state index is 0.00574. The molecule has 86 valence electrons. The van der Waals surface area contributed by atoms with E-state index in [0.29, 0.717) is 6.54 Å². The molecule has 2 N–H and O–H groups in total. The molecular weight excluding hydrogens is 207 g/mol. The highest BCUT2D eigenvalue weighted by atomic mass is 19.1. The Balaban J connectivity index is 3.16. The van der Waals surface area contributed by atoms with Crippen LogP contribution in [0.2, 0.25) is 0 Å². The minimum atomic E-state index is -0.500. The Morgan fingerprint density at radius 2 is 2.25 bits per heavy atom. The van der Waals surface area contributed by atoms with Crippen molar-refractivity contribution < 1.29 is 9.13 Å². The standard InChI is InChI=1S/C12H15FN2O/c1-8(3-4-14)9-5-10(7-15)12(16-2)11(13)6-9/h5-6,8H,3-4,14H2,1-2H3. The number of rotatable bonds is 4. The van der Waals surface area contributed by atoms with Crippen LogP contribution in [0.25, 0.3) is 0 Å². The fourth-order valence-corrected chi connectivity index (χ4v) is 1.61. The first kappa shape index (κ1) is 12.5. The topological polar surface area (TPSA) is 59.0 Å². The lowest BCUT2D eigenvalue weighted by atomic mass is 9.96. The summed E-state index contributed by atoms with van der Waals surface area (Å²) in [5.41, 5.74) is 6.45. The molecule has 0 heterocycles. The van der Waals surface area contributed by atoms with Crippen LogP contribution in [0.4, 0.5) is 4.39 Å². The van der Waals surface area contributed by atoms with Crippen LogP contribution >= 0.6 is 0 Å². The van der Waals surface area contributed by atoms with E-state index < -0.39 is 5.82 Å². The second kappa shape index (κ2) is 5.47. The number of halogens is 1. The molecule has 1 aromatic rings. The predicted molar refractivity (Wildman–Crippen MR) is 59.8 cm³/mol. The number of benzene rings is 1. The molecule has 0 spiro atoms. The van der Waals surface area contributed by atoms with Crippen molar-refractivity contribution in [3.8, 4) is 11.8 Å². The third-order valence-corrected chi connectivity index (χ3v) is 2.56. The maximum absolute atomic E-state index is 13.6. The van der Waals surface area contributed by atoms with Gasteiger partial charge in [-0.2, -0.15) is 5.26 Å². The number of hydrogen-bond acceptors (Lipinski definition) is 3. The number of nitrogens with zero attached hydrogens (tertiary/aromatic N) is 1. The van der Waals surface area contributed by atoms with Gasteiger partial charge in [-0.15, -0.1) is 0 Å². The van der Waals surface area contributed by atoms with Crippen LogP contribution < -0.4 is 10.5 Å². The van der Waals surface area contributed by atoms with Gasteiger partial charge in [0, 0.05) is 0 Å². The molecule has 4 heteroatoms. The first-order valence-electron chi connectivity index (χ1n) is 5.11. The van der Waals surface area contributed by atoms with Crippen LogP contribution in [0.1, 0.15) is 30.4 Å². The molecular formula is C12H15FN2O. The summed E-state index contributed by atoms with van der Waals surface area (Å²) >= 11 is 0. The second-order valence-corrected chi connectivity index (χ2v) is 3.67. The smallest absolute Gasteiger partial charge is 0.172 e. The Morgan fingerprint density at radius 1 is 1.56 bits per heavy atom. The Hall–Kier alpha value is -1.60. The molecule has 0 radical (unpaired) electrons. The van der Waals surface area contributed by atoms with Gasteiger partial charge in [-0.05, 0) is 36.6 Å². The Morgan fingerprint density at radius 3 is 2.75 bits per heavy atom. The van der Waals surface area contributed by atoms with Crippen molar-refractivity contribution in [1.82, 2.24) is 0 Å².